The minimum Gasteiger partial charge on any atom is -0.383 e. The fraction of sp³-hybridized carbons (Fsp3) is 0.600. The Labute approximate surface area is 185 Å². The molecule has 0 N–H and O–H groups in total. The van der Waals surface area contributed by atoms with Crippen LogP contribution in [0.2, 0.25) is 0 Å². The summed E-state index contributed by atoms with van der Waals surface area (Å²) in [5, 5.41) is 4.50. The second-order valence-electron chi connectivity index (χ2n) is 8.95. The van der Waals surface area contributed by atoms with Crippen molar-refractivity contribution in [3.63, 3.8) is 0 Å². The SMILES string of the molecule is COCCN(Cc1c(-c2ccccc2)noc1N1CCCCC1C)C(=O)C1CCCC1. The number of methoxy groups -OCH3 is 1. The maximum atomic E-state index is 13.4. The van der Waals surface area contributed by atoms with Crippen molar-refractivity contribution in [3.8, 4) is 11.3 Å². The first-order valence-corrected chi connectivity index (χ1v) is 11.8. The van der Waals surface area contributed by atoms with Crippen molar-refractivity contribution in [2.45, 2.75) is 64.5 Å². The number of hydrogen-bond donors (Lipinski definition) is 0. The first-order valence-electron chi connectivity index (χ1n) is 11.8. The number of benzene rings is 1. The van der Waals surface area contributed by atoms with E-state index in [-0.39, 0.29) is 11.8 Å². The van der Waals surface area contributed by atoms with Crippen molar-refractivity contribution in [1.82, 2.24) is 10.1 Å². The van der Waals surface area contributed by atoms with Gasteiger partial charge in [0.2, 0.25) is 11.8 Å². The molecule has 6 heteroatoms. The van der Waals surface area contributed by atoms with E-state index in [2.05, 4.69) is 29.1 Å². The average molecular weight is 426 g/mol. The van der Waals surface area contributed by atoms with E-state index < -0.39 is 0 Å². The molecule has 6 nitrogen and oxygen atoms in total. The van der Waals surface area contributed by atoms with E-state index in [9.17, 15) is 4.79 Å². The summed E-state index contributed by atoms with van der Waals surface area (Å²) < 4.78 is 11.3. The Balaban J connectivity index is 1.69. The highest BCUT2D eigenvalue weighted by molar-refractivity contribution is 5.80. The maximum absolute atomic E-state index is 13.4. The number of ether oxygens (including phenoxy) is 1. The van der Waals surface area contributed by atoms with E-state index in [1.165, 1.54) is 6.42 Å². The van der Waals surface area contributed by atoms with Crippen LogP contribution in [0, 0.1) is 5.92 Å². The van der Waals surface area contributed by atoms with Crippen molar-refractivity contribution in [3.05, 3.63) is 35.9 Å². The normalized spacial score (nSPS) is 19.7. The molecular formula is C25H35N3O3. The van der Waals surface area contributed by atoms with Crippen molar-refractivity contribution in [2.75, 3.05) is 31.7 Å². The summed E-state index contributed by atoms with van der Waals surface area (Å²) in [5.41, 5.74) is 2.88. The fourth-order valence-electron chi connectivity index (χ4n) is 4.98. The van der Waals surface area contributed by atoms with Gasteiger partial charge in [-0.25, -0.2) is 0 Å². The van der Waals surface area contributed by atoms with Gasteiger partial charge in [0.25, 0.3) is 0 Å². The third-order valence-electron chi connectivity index (χ3n) is 6.81. The van der Waals surface area contributed by atoms with Gasteiger partial charge in [-0.3, -0.25) is 4.79 Å². The third-order valence-corrected chi connectivity index (χ3v) is 6.81. The number of carbonyl (C=O) groups excluding carboxylic acids is 1. The van der Waals surface area contributed by atoms with Crippen LogP contribution in [0.4, 0.5) is 5.88 Å². The topological polar surface area (TPSA) is 58.8 Å². The van der Waals surface area contributed by atoms with Crippen LogP contribution in [0.25, 0.3) is 11.3 Å². The predicted octanol–water partition coefficient (Wildman–Crippen LogP) is 4.89. The van der Waals surface area contributed by atoms with E-state index >= 15 is 0 Å². The molecule has 168 valence electrons. The van der Waals surface area contributed by atoms with Crippen LogP contribution in [-0.2, 0) is 16.1 Å². The van der Waals surface area contributed by atoms with Crippen LogP contribution < -0.4 is 4.90 Å². The summed E-state index contributed by atoms with van der Waals surface area (Å²) in [4.78, 5) is 17.7. The zero-order valence-electron chi connectivity index (χ0n) is 18.9. The molecule has 2 heterocycles. The second-order valence-corrected chi connectivity index (χ2v) is 8.95. The summed E-state index contributed by atoms with van der Waals surface area (Å²) in [6, 6.07) is 10.6. The molecule has 0 bridgehead atoms. The first kappa shape index (κ1) is 21.9. The van der Waals surface area contributed by atoms with Crippen LogP contribution >= 0.6 is 0 Å². The summed E-state index contributed by atoms with van der Waals surface area (Å²) in [6.07, 6.45) is 7.82. The van der Waals surface area contributed by atoms with Gasteiger partial charge in [-0.15, -0.1) is 0 Å². The maximum Gasteiger partial charge on any atom is 0.233 e. The van der Waals surface area contributed by atoms with Crippen LogP contribution in [0.3, 0.4) is 0 Å². The predicted molar refractivity (Wildman–Crippen MR) is 122 cm³/mol. The van der Waals surface area contributed by atoms with Gasteiger partial charge in [-0.05, 0) is 39.0 Å². The summed E-state index contributed by atoms with van der Waals surface area (Å²) >= 11 is 0. The number of anilines is 1. The summed E-state index contributed by atoms with van der Waals surface area (Å²) in [5.74, 6) is 1.20. The molecule has 31 heavy (non-hydrogen) atoms. The Bertz CT molecular complexity index is 845. The lowest BCUT2D eigenvalue weighted by Crippen LogP contribution is -2.40. The molecule has 1 saturated heterocycles. The molecule has 2 fully saturated rings. The summed E-state index contributed by atoms with van der Waals surface area (Å²) in [7, 11) is 1.69. The molecule has 0 radical (unpaired) electrons. The lowest BCUT2D eigenvalue weighted by Gasteiger charge is -2.34. The molecule has 1 saturated carbocycles. The monoisotopic (exact) mass is 425 g/mol. The Morgan fingerprint density at radius 3 is 2.61 bits per heavy atom. The highest BCUT2D eigenvalue weighted by Gasteiger charge is 2.32. The number of nitrogens with zero attached hydrogens (tertiary/aromatic N) is 3. The number of rotatable bonds is 8. The molecule has 1 atom stereocenters. The van der Waals surface area contributed by atoms with Gasteiger partial charge in [-0.1, -0.05) is 48.3 Å². The van der Waals surface area contributed by atoms with Gasteiger partial charge in [0.05, 0.1) is 18.7 Å². The van der Waals surface area contributed by atoms with Crippen LogP contribution in [0.15, 0.2) is 34.9 Å². The van der Waals surface area contributed by atoms with Gasteiger partial charge >= 0.3 is 0 Å². The summed E-state index contributed by atoms with van der Waals surface area (Å²) in [6.45, 7) is 4.83. The minimum absolute atomic E-state index is 0.134. The lowest BCUT2D eigenvalue weighted by molar-refractivity contribution is -0.136. The van der Waals surface area contributed by atoms with Crippen LogP contribution in [0.5, 0.6) is 0 Å². The van der Waals surface area contributed by atoms with Gasteiger partial charge in [-0.2, -0.15) is 0 Å². The number of carbonyl (C=O) groups is 1. The van der Waals surface area contributed by atoms with E-state index in [0.717, 1.165) is 67.8 Å². The zero-order valence-corrected chi connectivity index (χ0v) is 18.9. The van der Waals surface area contributed by atoms with Crippen molar-refractivity contribution in [2.24, 2.45) is 5.92 Å². The van der Waals surface area contributed by atoms with Crippen molar-refractivity contribution in [1.29, 1.82) is 0 Å². The third kappa shape index (κ3) is 4.95. The molecule has 0 spiro atoms. The lowest BCUT2D eigenvalue weighted by atomic mass is 10.0. The number of piperidine rings is 1. The van der Waals surface area contributed by atoms with Crippen molar-refractivity contribution >= 4 is 11.8 Å². The van der Waals surface area contributed by atoms with E-state index in [1.807, 2.05) is 23.1 Å². The number of hydrogen-bond acceptors (Lipinski definition) is 5. The number of aromatic nitrogens is 1. The van der Waals surface area contributed by atoms with Crippen LogP contribution in [0.1, 0.15) is 57.4 Å². The second kappa shape index (κ2) is 10.3. The Kier molecular flexibility index (Phi) is 7.28. The van der Waals surface area contributed by atoms with Crippen molar-refractivity contribution < 1.29 is 14.1 Å². The number of amides is 1. The average Bonchev–Trinajstić information content (AvgIpc) is 3.47. The fourth-order valence-corrected chi connectivity index (χ4v) is 4.98. The molecule has 2 aromatic rings. The molecule has 2 aliphatic rings. The first-order chi connectivity index (χ1) is 15.2. The Morgan fingerprint density at radius 1 is 1.16 bits per heavy atom. The van der Waals surface area contributed by atoms with Gasteiger partial charge in [0.1, 0.15) is 5.69 Å². The largest absolute Gasteiger partial charge is 0.383 e. The van der Waals surface area contributed by atoms with E-state index in [4.69, 9.17) is 9.26 Å². The van der Waals surface area contributed by atoms with Gasteiger partial charge < -0.3 is 19.1 Å². The zero-order chi connectivity index (χ0) is 21.6. The quantitative estimate of drug-likeness (QED) is 0.603. The smallest absolute Gasteiger partial charge is 0.233 e. The Hall–Kier alpha value is -2.34. The molecule has 1 aromatic heterocycles. The molecule has 4 rings (SSSR count). The Morgan fingerprint density at radius 2 is 1.90 bits per heavy atom. The molecular weight excluding hydrogens is 390 g/mol. The van der Waals surface area contributed by atoms with Gasteiger partial charge in [0, 0.05) is 37.7 Å². The highest BCUT2D eigenvalue weighted by atomic mass is 16.5. The molecule has 1 aliphatic carbocycles. The van der Waals surface area contributed by atoms with Gasteiger partial charge in [0.15, 0.2) is 0 Å². The van der Waals surface area contributed by atoms with Crippen LogP contribution in [-0.4, -0.2) is 48.8 Å². The van der Waals surface area contributed by atoms with E-state index in [1.54, 1.807) is 7.11 Å². The molecule has 1 unspecified atom stereocenters. The van der Waals surface area contributed by atoms with E-state index in [0.29, 0.717) is 25.7 Å². The molecule has 1 aliphatic heterocycles. The highest BCUT2D eigenvalue weighted by Crippen LogP contribution is 2.36. The standard InChI is InChI=1S/C25H35N3O3/c1-19-10-8-9-15-28(19)25-22(23(26-31-25)20-11-4-3-5-12-20)18-27(16-17-30-2)24(29)21-13-6-7-14-21/h3-5,11-12,19,21H,6-10,13-18H2,1-2H3. The molecule has 1 aromatic carbocycles. The molecule has 1 amide bonds. The minimum atomic E-state index is 0.134.